The molecule has 0 spiro atoms. The monoisotopic (exact) mass is 386 g/mol. The first-order valence-corrected chi connectivity index (χ1v) is 10.3. The zero-order valence-corrected chi connectivity index (χ0v) is 17.1. The molecule has 1 saturated heterocycles. The molecule has 1 aliphatic rings. The fourth-order valence-corrected chi connectivity index (χ4v) is 3.93. The lowest BCUT2D eigenvalue weighted by Gasteiger charge is -2.37. The molecule has 25 heavy (non-hydrogen) atoms. The van der Waals surface area contributed by atoms with E-state index in [2.05, 4.69) is 17.1 Å². The van der Waals surface area contributed by atoms with Crippen LogP contribution >= 0.6 is 23.1 Å². The van der Waals surface area contributed by atoms with Crippen LogP contribution in [0, 0.1) is 0 Å². The highest BCUT2D eigenvalue weighted by atomic mass is 32.2. The number of aromatic nitrogens is 2. The summed E-state index contributed by atoms with van der Waals surface area (Å²) in [4.78, 5) is 27.8. The molecule has 0 bridgehead atoms. The SMILES string of the molecule is CCCCSC(=O)OC1CCN(C)C(=O)N1c1nnc(C(C)(C)C)s1. The van der Waals surface area contributed by atoms with Crippen molar-refractivity contribution in [2.75, 3.05) is 24.2 Å². The molecule has 2 amide bonds. The Morgan fingerprint density at radius 2 is 2.12 bits per heavy atom. The Kier molecular flexibility index (Phi) is 6.67. The van der Waals surface area contributed by atoms with Crippen molar-refractivity contribution in [3.8, 4) is 0 Å². The molecule has 1 unspecified atom stereocenters. The van der Waals surface area contributed by atoms with E-state index < -0.39 is 6.23 Å². The van der Waals surface area contributed by atoms with Crippen LogP contribution < -0.4 is 4.90 Å². The van der Waals surface area contributed by atoms with Gasteiger partial charge >= 0.3 is 11.3 Å². The molecule has 1 aromatic rings. The smallest absolute Gasteiger partial charge is 0.369 e. The van der Waals surface area contributed by atoms with Gasteiger partial charge in [0.1, 0.15) is 5.01 Å². The van der Waals surface area contributed by atoms with Crippen LogP contribution in [-0.2, 0) is 10.2 Å². The Labute approximate surface area is 157 Å². The standard InChI is InChI=1S/C16H26N4O3S2/c1-6-7-10-24-15(22)23-11-8-9-19(5)14(21)20(11)13-18-17-12(25-13)16(2,3)4/h11H,6-10H2,1-5H3. The molecule has 0 aromatic carbocycles. The summed E-state index contributed by atoms with van der Waals surface area (Å²) in [6, 6.07) is -0.223. The Morgan fingerprint density at radius 3 is 2.72 bits per heavy atom. The molecule has 1 aliphatic heterocycles. The summed E-state index contributed by atoms with van der Waals surface area (Å²) < 4.78 is 5.56. The first kappa shape index (κ1) is 20.0. The molecule has 0 saturated carbocycles. The number of anilines is 1. The van der Waals surface area contributed by atoms with Crippen molar-refractivity contribution in [1.82, 2.24) is 15.1 Å². The molecule has 2 rings (SSSR count). The number of urea groups is 1. The quantitative estimate of drug-likeness (QED) is 0.560. The number of rotatable bonds is 5. The summed E-state index contributed by atoms with van der Waals surface area (Å²) >= 11 is 2.52. The zero-order chi connectivity index (χ0) is 18.6. The van der Waals surface area contributed by atoms with E-state index in [0.29, 0.717) is 18.1 Å². The van der Waals surface area contributed by atoms with Crippen molar-refractivity contribution in [3.63, 3.8) is 0 Å². The maximum absolute atomic E-state index is 12.6. The summed E-state index contributed by atoms with van der Waals surface area (Å²) in [5.41, 5.74) is -0.150. The first-order chi connectivity index (χ1) is 11.7. The molecule has 0 aliphatic carbocycles. The lowest BCUT2D eigenvalue weighted by atomic mass is 9.98. The lowest BCUT2D eigenvalue weighted by molar-refractivity contribution is 0.0928. The van der Waals surface area contributed by atoms with Gasteiger partial charge in [0.2, 0.25) is 5.13 Å². The number of ether oxygens (including phenoxy) is 1. The van der Waals surface area contributed by atoms with Crippen LogP contribution in [0.1, 0.15) is 52.0 Å². The number of amides is 2. The van der Waals surface area contributed by atoms with Gasteiger partial charge in [-0.05, 0) is 18.2 Å². The van der Waals surface area contributed by atoms with Crippen molar-refractivity contribution < 1.29 is 14.3 Å². The van der Waals surface area contributed by atoms with E-state index in [9.17, 15) is 9.59 Å². The Hall–Kier alpha value is -1.35. The predicted octanol–water partition coefficient (Wildman–Crippen LogP) is 4.09. The first-order valence-electron chi connectivity index (χ1n) is 8.45. The average molecular weight is 387 g/mol. The van der Waals surface area contributed by atoms with Crippen molar-refractivity contribution in [3.05, 3.63) is 5.01 Å². The second-order valence-corrected chi connectivity index (χ2v) is 9.01. The maximum Gasteiger partial charge on any atom is 0.369 e. The zero-order valence-electron chi connectivity index (χ0n) is 15.4. The van der Waals surface area contributed by atoms with Gasteiger partial charge in [0.05, 0.1) is 0 Å². The van der Waals surface area contributed by atoms with Gasteiger partial charge in [-0.1, -0.05) is 45.5 Å². The van der Waals surface area contributed by atoms with Crippen LogP contribution in [0.15, 0.2) is 0 Å². The van der Waals surface area contributed by atoms with Gasteiger partial charge in [0.25, 0.3) is 0 Å². The van der Waals surface area contributed by atoms with Gasteiger partial charge in [-0.3, -0.25) is 0 Å². The van der Waals surface area contributed by atoms with Gasteiger partial charge in [0.15, 0.2) is 6.23 Å². The Balaban J connectivity index is 2.15. The summed E-state index contributed by atoms with van der Waals surface area (Å²) in [5.74, 6) is 0.725. The number of hydrogen-bond acceptors (Lipinski definition) is 7. The molecule has 1 atom stereocenters. The Morgan fingerprint density at radius 1 is 1.40 bits per heavy atom. The Bertz CT molecular complexity index is 615. The topological polar surface area (TPSA) is 75.6 Å². The highest BCUT2D eigenvalue weighted by molar-refractivity contribution is 8.13. The third-order valence-electron chi connectivity index (χ3n) is 3.74. The van der Waals surface area contributed by atoms with Gasteiger partial charge in [0, 0.05) is 31.2 Å². The molecular weight excluding hydrogens is 360 g/mol. The van der Waals surface area contributed by atoms with Crippen molar-refractivity contribution in [2.45, 2.75) is 58.6 Å². The van der Waals surface area contributed by atoms with E-state index in [-0.39, 0.29) is 16.7 Å². The predicted molar refractivity (Wildman–Crippen MR) is 101 cm³/mol. The second-order valence-electron chi connectivity index (χ2n) is 7.03. The van der Waals surface area contributed by atoms with Crippen molar-refractivity contribution in [1.29, 1.82) is 0 Å². The molecular formula is C16H26N4O3S2. The highest BCUT2D eigenvalue weighted by Gasteiger charge is 2.38. The highest BCUT2D eigenvalue weighted by Crippen LogP contribution is 2.33. The van der Waals surface area contributed by atoms with Crippen LogP contribution in [0.5, 0.6) is 0 Å². The third kappa shape index (κ3) is 5.07. The normalized spacial score (nSPS) is 18.6. The van der Waals surface area contributed by atoms with Gasteiger partial charge in [-0.15, -0.1) is 10.2 Å². The van der Waals surface area contributed by atoms with E-state index in [1.165, 1.54) is 16.2 Å². The van der Waals surface area contributed by atoms with Crippen LogP contribution in [-0.4, -0.2) is 52.0 Å². The van der Waals surface area contributed by atoms with Crippen LogP contribution in [0.3, 0.4) is 0 Å². The minimum Gasteiger partial charge on any atom is -0.433 e. The maximum atomic E-state index is 12.6. The molecule has 1 aromatic heterocycles. The van der Waals surface area contributed by atoms with Crippen LogP contribution in [0.25, 0.3) is 0 Å². The molecule has 1 fully saturated rings. The number of nitrogens with zero attached hydrogens (tertiary/aromatic N) is 4. The summed E-state index contributed by atoms with van der Waals surface area (Å²) in [7, 11) is 1.73. The lowest BCUT2D eigenvalue weighted by Crippen LogP contribution is -2.54. The van der Waals surface area contributed by atoms with E-state index >= 15 is 0 Å². The summed E-state index contributed by atoms with van der Waals surface area (Å²) in [6.45, 7) is 8.75. The third-order valence-corrected chi connectivity index (χ3v) is 5.92. The molecule has 2 heterocycles. The molecule has 7 nitrogen and oxygen atoms in total. The number of carbonyl (C=O) groups excluding carboxylic acids is 2. The van der Waals surface area contributed by atoms with E-state index in [0.717, 1.165) is 35.4 Å². The molecule has 9 heteroatoms. The van der Waals surface area contributed by atoms with Gasteiger partial charge in [-0.2, -0.15) is 0 Å². The minimum absolute atomic E-state index is 0.150. The number of thioether (sulfide) groups is 1. The van der Waals surface area contributed by atoms with Crippen molar-refractivity contribution >= 4 is 39.6 Å². The number of hydrogen-bond donors (Lipinski definition) is 0. The molecule has 0 N–H and O–H groups in total. The van der Waals surface area contributed by atoms with Gasteiger partial charge < -0.3 is 9.64 Å². The van der Waals surface area contributed by atoms with Crippen molar-refractivity contribution in [2.24, 2.45) is 0 Å². The number of unbranched alkanes of at least 4 members (excludes halogenated alkanes) is 1. The average Bonchev–Trinajstić information content (AvgIpc) is 3.01. The number of carbonyl (C=O) groups is 2. The largest absolute Gasteiger partial charge is 0.433 e. The summed E-state index contributed by atoms with van der Waals surface area (Å²) in [5, 5.41) is 9.34. The van der Waals surface area contributed by atoms with Gasteiger partial charge in [-0.25, -0.2) is 14.5 Å². The van der Waals surface area contributed by atoms with E-state index in [4.69, 9.17) is 4.74 Å². The molecule has 140 valence electrons. The summed E-state index contributed by atoms with van der Waals surface area (Å²) in [6.07, 6.45) is 1.90. The molecule has 0 radical (unpaired) electrons. The fourth-order valence-electron chi connectivity index (χ4n) is 2.21. The van der Waals surface area contributed by atoms with Crippen LogP contribution in [0.2, 0.25) is 0 Å². The minimum atomic E-state index is -0.633. The fraction of sp³-hybridized carbons (Fsp3) is 0.750. The second kappa shape index (κ2) is 8.35. The van der Waals surface area contributed by atoms with E-state index in [1.807, 2.05) is 20.8 Å². The van der Waals surface area contributed by atoms with E-state index in [1.54, 1.807) is 11.9 Å². The van der Waals surface area contributed by atoms with Crippen LogP contribution in [0.4, 0.5) is 14.7 Å².